The van der Waals surface area contributed by atoms with Crippen LogP contribution in [0.5, 0.6) is 0 Å². The number of allylic oxidation sites excluding steroid dienone is 2. The van der Waals surface area contributed by atoms with Gasteiger partial charge < -0.3 is 20.7 Å². The average Bonchev–Trinajstić information content (AvgIpc) is 2.85. The number of rotatable bonds is 4. The highest BCUT2D eigenvalue weighted by Gasteiger charge is 2.45. The molecule has 6 heteroatoms. The summed E-state index contributed by atoms with van der Waals surface area (Å²) in [4.78, 5) is 15.0. The zero-order chi connectivity index (χ0) is 22.1. The molecule has 2 aliphatic rings. The molecule has 0 aliphatic carbocycles. The first-order valence-corrected chi connectivity index (χ1v) is 10.8. The van der Waals surface area contributed by atoms with Gasteiger partial charge in [-0.3, -0.25) is 4.79 Å². The Morgan fingerprint density at radius 1 is 1.27 bits per heavy atom. The Morgan fingerprint density at radius 2 is 2.00 bits per heavy atom. The van der Waals surface area contributed by atoms with E-state index in [0.29, 0.717) is 6.54 Å². The van der Waals surface area contributed by atoms with Crippen molar-refractivity contribution >= 4 is 22.9 Å². The summed E-state index contributed by atoms with van der Waals surface area (Å²) < 4.78 is 0. The average molecular weight is 413 g/mol. The van der Waals surface area contributed by atoms with Gasteiger partial charge in [0.2, 0.25) is 5.91 Å². The van der Waals surface area contributed by atoms with Gasteiger partial charge in [-0.2, -0.15) is 0 Å². The highest BCUT2D eigenvalue weighted by molar-refractivity contribution is 6.08. The Kier molecular flexibility index (Phi) is 6.29. The summed E-state index contributed by atoms with van der Waals surface area (Å²) in [5, 5.41) is 13.8. The van der Waals surface area contributed by atoms with Crippen molar-refractivity contribution in [1.29, 1.82) is 0 Å². The van der Waals surface area contributed by atoms with Gasteiger partial charge in [0.15, 0.2) is 0 Å². The van der Waals surface area contributed by atoms with E-state index in [9.17, 15) is 9.90 Å². The topological polar surface area (TPSA) is 76.6 Å². The van der Waals surface area contributed by atoms with E-state index in [1.165, 1.54) is 11.1 Å². The minimum atomic E-state index is -0.968. The number of anilines is 2. The quantitative estimate of drug-likeness (QED) is 0.607. The first kappa shape index (κ1) is 22.4. The van der Waals surface area contributed by atoms with E-state index in [1.54, 1.807) is 18.7 Å². The van der Waals surface area contributed by atoms with Crippen LogP contribution in [0.1, 0.15) is 65.0 Å². The van der Waals surface area contributed by atoms with Gasteiger partial charge in [-0.1, -0.05) is 11.6 Å². The van der Waals surface area contributed by atoms with Crippen LogP contribution in [0.15, 0.2) is 30.0 Å². The molecule has 4 N–H and O–H groups in total. The second-order valence-electron chi connectivity index (χ2n) is 9.59. The van der Waals surface area contributed by atoms with Crippen molar-refractivity contribution in [2.45, 2.75) is 64.9 Å². The fourth-order valence-corrected chi connectivity index (χ4v) is 4.27. The lowest BCUT2D eigenvalue weighted by Crippen LogP contribution is -2.44. The highest BCUT2D eigenvalue weighted by atomic mass is 16.3. The molecule has 2 heterocycles. The van der Waals surface area contributed by atoms with Gasteiger partial charge in [0, 0.05) is 36.7 Å². The molecule has 0 saturated heterocycles. The maximum absolute atomic E-state index is 13.2. The first-order valence-electron chi connectivity index (χ1n) is 10.8. The third-order valence-electron chi connectivity index (χ3n) is 5.93. The smallest absolute Gasteiger partial charge is 0.237 e. The summed E-state index contributed by atoms with van der Waals surface area (Å²) in [7, 11) is 1.93. The summed E-state index contributed by atoms with van der Waals surface area (Å²) in [5.41, 5.74) is 11.4. The molecule has 0 spiro atoms. The molecule has 2 aliphatic heterocycles. The van der Waals surface area contributed by atoms with Crippen molar-refractivity contribution in [1.82, 2.24) is 10.9 Å². The number of nitrogens with zero attached hydrogens (tertiary/aromatic N) is 1. The van der Waals surface area contributed by atoms with Crippen molar-refractivity contribution in [2.75, 3.05) is 30.4 Å². The summed E-state index contributed by atoms with van der Waals surface area (Å²) in [5.74, 6) is 0.0328. The van der Waals surface area contributed by atoms with Crippen LogP contribution >= 0.6 is 0 Å². The molecule has 0 unspecified atom stereocenters. The number of benzene rings is 1. The zero-order valence-electron chi connectivity index (χ0n) is 19.1. The molecule has 0 saturated carbocycles. The standard InChI is InChI=1S/C24H36N4O2/c1-16-8-7-9-17(10-11-26-27-14-16)18-12-21-19(13-20(18)25-6)24(4,5)22(29)28(21)15-23(2,3)30/h10,12-14,25-27,30H,7-9,11,15H2,1-6H3/b16-14+,17-10+. The molecular weight excluding hydrogens is 376 g/mol. The predicted molar refractivity (Wildman–Crippen MR) is 124 cm³/mol. The van der Waals surface area contributed by atoms with Gasteiger partial charge >= 0.3 is 0 Å². The Labute approximate surface area is 180 Å². The third-order valence-corrected chi connectivity index (χ3v) is 5.93. The van der Waals surface area contributed by atoms with E-state index in [4.69, 9.17) is 0 Å². The van der Waals surface area contributed by atoms with Gasteiger partial charge in [-0.25, -0.2) is 5.43 Å². The van der Waals surface area contributed by atoms with Crippen molar-refractivity contribution in [3.05, 3.63) is 41.1 Å². The van der Waals surface area contributed by atoms with E-state index >= 15 is 0 Å². The monoisotopic (exact) mass is 412 g/mol. The Hall–Kier alpha value is -2.31. The number of fused-ring (bicyclic) bond motifs is 1. The molecule has 164 valence electrons. The number of carbonyl (C=O) groups excluding carboxylic acids is 1. The van der Waals surface area contributed by atoms with E-state index < -0.39 is 11.0 Å². The van der Waals surface area contributed by atoms with Crippen molar-refractivity contribution in [3.63, 3.8) is 0 Å². The largest absolute Gasteiger partial charge is 0.389 e. The number of aliphatic hydroxyl groups is 1. The molecule has 0 fully saturated rings. The molecule has 0 aromatic heterocycles. The number of carbonyl (C=O) groups is 1. The minimum Gasteiger partial charge on any atom is -0.389 e. The lowest BCUT2D eigenvalue weighted by Gasteiger charge is -2.27. The van der Waals surface area contributed by atoms with Crippen LogP contribution in [0, 0.1) is 0 Å². The van der Waals surface area contributed by atoms with E-state index in [-0.39, 0.29) is 12.5 Å². The number of hydrogen-bond donors (Lipinski definition) is 4. The fourth-order valence-electron chi connectivity index (χ4n) is 4.27. The maximum atomic E-state index is 13.2. The lowest BCUT2D eigenvalue weighted by atomic mass is 9.84. The number of hydrazine groups is 1. The SMILES string of the molecule is CNc1cc2c(cc1/C1=C/CNN/C=C(\C)CCC1)N(CC(C)(C)O)C(=O)C2(C)C. The molecule has 30 heavy (non-hydrogen) atoms. The Balaban J connectivity index is 2.06. The second-order valence-corrected chi connectivity index (χ2v) is 9.59. The van der Waals surface area contributed by atoms with E-state index in [0.717, 1.165) is 41.8 Å². The Morgan fingerprint density at radius 3 is 2.67 bits per heavy atom. The first-order chi connectivity index (χ1) is 14.0. The number of amides is 1. The van der Waals surface area contributed by atoms with Gasteiger partial charge in [0.1, 0.15) is 0 Å². The van der Waals surface area contributed by atoms with Crippen LogP contribution in [0.2, 0.25) is 0 Å². The van der Waals surface area contributed by atoms with Gasteiger partial charge in [0.05, 0.1) is 17.6 Å². The second kappa shape index (κ2) is 8.44. The van der Waals surface area contributed by atoms with E-state index in [1.807, 2.05) is 27.1 Å². The van der Waals surface area contributed by atoms with Crippen LogP contribution in [-0.2, 0) is 10.2 Å². The Bertz CT molecular complexity index is 878. The zero-order valence-corrected chi connectivity index (χ0v) is 19.1. The number of β-amino-alcohol motifs (C(OH)–C–C–N with tert-alkyl or cyclic N) is 1. The lowest BCUT2D eigenvalue weighted by molar-refractivity contribution is -0.122. The van der Waals surface area contributed by atoms with Crippen molar-refractivity contribution in [3.8, 4) is 0 Å². The normalized spacial score (nSPS) is 23.0. The summed E-state index contributed by atoms with van der Waals surface area (Å²) >= 11 is 0. The predicted octanol–water partition coefficient (Wildman–Crippen LogP) is 3.69. The van der Waals surface area contributed by atoms with Crippen LogP contribution in [-0.4, -0.2) is 36.8 Å². The van der Waals surface area contributed by atoms with Crippen LogP contribution in [0.3, 0.4) is 0 Å². The molecular formula is C24H36N4O2. The van der Waals surface area contributed by atoms with Crippen molar-refractivity contribution in [2.24, 2.45) is 0 Å². The fraction of sp³-hybridized carbons (Fsp3) is 0.542. The van der Waals surface area contributed by atoms with Crippen LogP contribution in [0.4, 0.5) is 11.4 Å². The molecule has 1 aromatic rings. The molecule has 1 amide bonds. The van der Waals surface area contributed by atoms with E-state index in [2.05, 4.69) is 41.3 Å². The van der Waals surface area contributed by atoms with Crippen LogP contribution in [0.25, 0.3) is 5.57 Å². The molecule has 1 aromatic carbocycles. The maximum Gasteiger partial charge on any atom is 0.237 e. The molecule has 0 bridgehead atoms. The van der Waals surface area contributed by atoms with Crippen LogP contribution < -0.4 is 21.1 Å². The number of nitrogens with one attached hydrogen (secondary N) is 3. The summed E-state index contributed by atoms with van der Waals surface area (Å²) in [6.07, 6.45) is 7.29. The van der Waals surface area contributed by atoms with Gasteiger partial charge in [-0.05, 0) is 77.2 Å². The summed E-state index contributed by atoms with van der Waals surface area (Å²) in [6.45, 7) is 10.5. The molecule has 3 rings (SSSR count). The van der Waals surface area contributed by atoms with Gasteiger partial charge in [0.25, 0.3) is 0 Å². The van der Waals surface area contributed by atoms with Gasteiger partial charge in [-0.15, -0.1) is 0 Å². The van der Waals surface area contributed by atoms with Crippen molar-refractivity contribution < 1.29 is 9.90 Å². The minimum absolute atomic E-state index is 0.0328. The molecule has 6 nitrogen and oxygen atoms in total. The number of hydrogen-bond acceptors (Lipinski definition) is 5. The summed E-state index contributed by atoms with van der Waals surface area (Å²) in [6, 6.07) is 4.25. The molecule has 0 radical (unpaired) electrons. The highest BCUT2D eigenvalue weighted by Crippen LogP contribution is 2.46. The third kappa shape index (κ3) is 4.55. The molecule has 0 atom stereocenters.